The maximum Gasteiger partial charge on any atom is 0.271 e. The molecule has 4 aliphatic carbocycles. The second kappa shape index (κ2) is 8.48. The van der Waals surface area contributed by atoms with Crippen molar-refractivity contribution in [3.63, 3.8) is 0 Å². The molecule has 12 heteroatoms. The van der Waals surface area contributed by atoms with Gasteiger partial charge < -0.3 is 15.4 Å². The van der Waals surface area contributed by atoms with Crippen LogP contribution >= 0.6 is 23.9 Å². The molecule has 9 nitrogen and oxygen atoms in total. The highest BCUT2D eigenvalue weighted by Gasteiger charge is 2.54. The minimum Gasteiger partial charge on any atom is -0.478 e. The monoisotopic (exact) mass is 507 g/mol. The van der Waals surface area contributed by atoms with Gasteiger partial charge in [-0.1, -0.05) is 0 Å². The van der Waals surface area contributed by atoms with Crippen LogP contribution in [0.3, 0.4) is 0 Å². The van der Waals surface area contributed by atoms with Crippen molar-refractivity contribution in [2.24, 2.45) is 23.2 Å². The van der Waals surface area contributed by atoms with E-state index in [1.807, 2.05) is 0 Å². The fraction of sp³-hybridized carbons (Fsp3) is 0.524. The molecule has 3 N–H and O–H groups in total. The Balaban J connectivity index is 1.21. The van der Waals surface area contributed by atoms with Crippen molar-refractivity contribution in [3.8, 4) is 5.88 Å². The SMILES string of the molecule is COc1nsnc1NS(=O)(=O)c1ccc(NC(=S)NC(=O)C23CC4CC(CC(C4)C2)C3)cc1. The van der Waals surface area contributed by atoms with Crippen molar-refractivity contribution in [1.82, 2.24) is 14.1 Å². The number of carbonyl (C=O) groups excluding carboxylic acids is 1. The van der Waals surface area contributed by atoms with Crippen LogP contribution in [0.1, 0.15) is 38.5 Å². The van der Waals surface area contributed by atoms with Gasteiger partial charge in [0.05, 0.1) is 29.1 Å². The number of nitrogens with zero attached hydrogens (tertiary/aromatic N) is 2. The molecule has 1 aromatic carbocycles. The minimum atomic E-state index is -3.86. The van der Waals surface area contributed by atoms with Crippen LogP contribution in [0.25, 0.3) is 0 Å². The zero-order valence-corrected chi connectivity index (χ0v) is 20.5. The Hall–Kier alpha value is -2.31. The van der Waals surface area contributed by atoms with Crippen LogP contribution in [-0.4, -0.2) is 35.3 Å². The zero-order chi connectivity index (χ0) is 23.2. The number of nitrogens with one attached hydrogen (secondary N) is 3. The average Bonchev–Trinajstić information content (AvgIpc) is 3.19. The molecule has 4 saturated carbocycles. The van der Waals surface area contributed by atoms with Crippen molar-refractivity contribution in [3.05, 3.63) is 24.3 Å². The number of thiocarbonyl (C=S) groups is 1. The number of anilines is 2. The average molecular weight is 508 g/mol. The third-order valence-electron chi connectivity index (χ3n) is 7.05. The first kappa shape index (κ1) is 22.5. The third kappa shape index (κ3) is 4.43. The number of hydrogen-bond acceptors (Lipinski definition) is 8. The summed E-state index contributed by atoms with van der Waals surface area (Å²) in [5.41, 5.74) is 0.299. The molecule has 0 radical (unpaired) electrons. The summed E-state index contributed by atoms with van der Waals surface area (Å²) in [4.78, 5) is 13.2. The summed E-state index contributed by atoms with van der Waals surface area (Å²) in [6.45, 7) is 0. The van der Waals surface area contributed by atoms with Crippen molar-refractivity contribution in [2.45, 2.75) is 43.4 Å². The zero-order valence-electron chi connectivity index (χ0n) is 18.0. The molecule has 0 unspecified atom stereocenters. The molecule has 1 aromatic heterocycles. The first-order valence-electron chi connectivity index (χ1n) is 10.9. The molecule has 6 rings (SSSR count). The van der Waals surface area contributed by atoms with E-state index in [2.05, 4.69) is 24.1 Å². The first-order chi connectivity index (χ1) is 15.8. The van der Waals surface area contributed by atoms with E-state index < -0.39 is 10.0 Å². The molecule has 33 heavy (non-hydrogen) atoms. The fourth-order valence-electron chi connectivity index (χ4n) is 6.07. The Morgan fingerprint density at radius 1 is 1.09 bits per heavy atom. The number of methoxy groups -OCH3 is 1. The Morgan fingerprint density at radius 3 is 2.27 bits per heavy atom. The van der Waals surface area contributed by atoms with E-state index in [0.29, 0.717) is 23.4 Å². The third-order valence-corrected chi connectivity index (χ3v) is 9.12. The van der Waals surface area contributed by atoms with Crippen LogP contribution in [0.2, 0.25) is 0 Å². The molecule has 0 saturated heterocycles. The van der Waals surface area contributed by atoms with E-state index in [1.165, 1.54) is 38.5 Å². The lowest BCUT2D eigenvalue weighted by atomic mass is 9.49. The van der Waals surface area contributed by atoms with E-state index >= 15 is 0 Å². The summed E-state index contributed by atoms with van der Waals surface area (Å²) in [6, 6.07) is 6.07. The molecule has 4 bridgehead atoms. The van der Waals surface area contributed by atoms with Gasteiger partial charge in [0.25, 0.3) is 15.9 Å². The number of rotatable bonds is 6. The number of carbonyl (C=O) groups is 1. The van der Waals surface area contributed by atoms with E-state index in [0.717, 1.165) is 31.0 Å². The molecule has 176 valence electrons. The van der Waals surface area contributed by atoms with Crippen LogP contribution in [0.15, 0.2) is 29.2 Å². The number of hydrogen-bond donors (Lipinski definition) is 3. The maximum absolute atomic E-state index is 13.1. The first-order valence-corrected chi connectivity index (χ1v) is 13.5. The molecule has 0 aliphatic heterocycles. The number of sulfonamides is 1. The molecular formula is C21H25N5O4S3. The number of benzene rings is 1. The minimum absolute atomic E-state index is 0.0216. The second-order valence-electron chi connectivity index (χ2n) is 9.36. The van der Waals surface area contributed by atoms with Crippen LogP contribution < -0.4 is 20.1 Å². The van der Waals surface area contributed by atoms with Crippen molar-refractivity contribution < 1.29 is 17.9 Å². The van der Waals surface area contributed by atoms with Gasteiger partial charge in [0.15, 0.2) is 5.11 Å². The molecule has 1 amide bonds. The van der Waals surface area contributed by atoms with E-state index in [9.17, 15) is 13.2 Å². The Bertz CT molecular complexity index is 1140. The van der Waals surface area contributed by atoms with Gasteiger partial charge in [0.2, 0.25) is 11.7 Å². The maximum atomic E-state index is 13.1. The highest BCUT2D eigenvalue weighted by Crippen LogP contribution is 2.60. The van der Waals surface area contributed by atoms with Crippen LogP contribution in [0.5, 0.6) is 5.88 Å². The number of ether oxygens (including phenoxy) is 1. The summed E-state index contributed by atoms with van der Waals surface area (Å²) in [5.74, 6) is 2.19. The quantitative estimate of drug-likeness (QED) is 0.509. The Labute approximate surface area is 202 Å². The van der Waals surface area contributed by atoms with Gasteiger partial charge in [-0.15, -0.1) is 4.37 Å². The van der Waals surface area contributed by atoms with E-state index in [1.54, 1.807) is 12.1 Å². The summed E-state index contributed by atoms with van der Waals surface area (Å²) in [7, 11) is -2.47. The summed E-state index contributed by atoms with van der Waals surface area (Å²) >= 11 is 6.22. The van der Waals surface area contributed by atoms with Gasteiger partial charge >= 0.3 is 0 Å². The standard InChI is InChI=1S/C21H25N5O4S3/c1-30-18-17(24-32-25-18)26-33(28,29)16-4-2-15(3-5-16)22-20(31)23-19(27)21-9-12-6-13(10-21)8-14(7-12)11-21/h2-5,12-14H,6-11H2,1H3,(H,24,26)(H2,22,23,27,31). The lowest BCUT2D eigenvalue weighted by molar-refractivity contribution is -0.144. The second-order valence-corrected chi connectivity index (χ2v) is 12.0. The predicted octanol–water partition coefficient (Wildman–Crippen LogP) is 3.38. The summed E-state index contributed by atoms with van der Waals surface area (Å²) in [5, 5.41) is 6.11. The highest BCUT2D eigenvalue weighted by molar-refractivity contribution is 7.92. The molecule has 4 aliphatic rings. The van der Waals surface area contributed by atoms with E-state index in [-0.39, 0.29) is 33.0 Å². The smallest absolute Gasteiger partial charge is 0.271 e. The molecule has 0 spiro atoms. The molecular weight excluding hydrogens is 482 g/mol. The van der Waals surface area contributed by atoms with Crippen molar-refractivity contribution in [1.29, 1.82) is 0 Å². The topological polar surface area (TPSA) is 122 Å². The van der Waals surface area contributed by atoms with Crippen molar-refractivity contribution in [2.75, 3.05) is 17.1 Å². The van der Waals surface area contributed by atoms with Gasteiger partial charge in [-0.2, -0.15) is 4.37 Å². The van der Waals surface area contributed by atoms with Crippen molar-refractivity contribution >= 4 is 56.5 Å². The van der Waals surface area contributed by atoms with Gasteiger partial charge in [0, 0.05) is 5.69 Å². The largest absolute Gasteiger partial charge is 0.478 e. The summed E-state index contributed by atoms with van der Waals surface area (Å²) in [6.07, 6.45) is 6.70. The Kier molecular flexibility index (Phi) is 5.78. The lowest BCUT2D eigenvalue weighted by Gasteiger charge is -2.55. The van der Waals surface area contributed by atoms with Crippen LogP contribution in [-0.2, 0) is 14.8 Å². The lowest BCUT2D eigenvalue weighted by Crippen LogP contribution is -2.55. The molecule has 2 aromatic rings. The van der Waals surface area contributed by atoms with Gasteiger partial charge in [-0.3, -0.25) is 9.52 Å². The van der Waals surface area contributed by atoms with Gasteiger partial charge in [-0.25, -0.2) is 8.42 Å². The Morgan fingerprint density at radius 2 is 1.70 bits per heavy atom. The highest BCUT2D eigenvalue weighted by atomic mass is 32.2. The van der Waals surface area contributed by atoms with Crippen LogP contribution in [0.4, 0.5) is 11.5 Å². The number of aromatic nitrogens is 2. The fourth-order valence-corrected chi connectivity index (χ4v) is 7.82. The number of amides is 1. The molecule has 0 atom stereocenters. The van der Waals surface area contributed by atoms with Gasteiger partial charge in [0.1, 0.15) is 0 Å². The van der Waals surface area contributed by atoms with Gasteiger partial charge in [-0.05, 0) is 92.8 Å². The normalized spacial score (nSPS) is 27.7. The molecule has 1 heterocycles. The van der Waals surface area contributed by atoms with E-state index in [4.69, 9.17) is 17.0 Å². The molecule has 4 fully saturated rings. The predicted molar refractivity (Wildman–Crippen MR) is 129 cm³/mol. The van der Waals surface area contributed by atoms with Crippen LogP contribution in [0, 0.1) is 23.2 Å². The summed E-state index contributed by atoms with van der Waals surface area (Å²) < 4.78 is 40.4.